The van der Waals surface area contributed by atoms with Gasteiger partial charge in [-0.3, -0.25) is 9.80 Å². The van der Waals surface area contributed by atoms with Gasteiger partial charge in [-0.15, -0.1) is 0 Å². The highest BCUT2D eigenvalue weighted by molar-refractivity contribution is 5.69. The van der Waals surface area contributed by atoms with Gasteiger partial charge in [-0.1, -0.05) is 91.0 Å². The molecule has 7 rings (SSSR count). The zero-order valence-electron chi connectivity index (χ0n) is 28.4. The van der Waals surface area contributed by atoms with Crippen molar-refractivity contribution in [2.24, 2.45) is 0 Å². The highest BCUT2D eigenvalue weighted by Crippen LogP contribution is 2.35. The largest absolute Gasteiger partial charge is 0.473 e. The molecule has 0 unspecified atom stereocenters. The van der Waals surface area contributed by atoms with E-state index in [4.69, 9.17) is 14.5 Å². The van der Waals surface area contributed by atoms with Crippen molar-refractivity contribution in [3.63, 3.8) is 0 Å². The van der Waals surface area contributed by atoms with Gasteiger partial charge >= 0.3 is 0 Å². The van der Waals surface area contributed by atoms with Crippen LogP contribution < -0.4 is 14.4 Å². The van der Waals surface area contributed by atoms with E-state index >= 15 is 8.78 Å². The van der Waals surface area contributed by atoms with Gasteiger partial charge in [0.05, 0.1) is 23.5 Å². The highest BCUT2D eigenvalue weighted by atomic mass is 19.1. The summed E-state index contributed by atoms with van der Waals surface area (Å²) in [5.41, 5.74) is 5.06. The first-order valence-electron chi connectivity index (χ1n) is 17.4. The zero-order chi connectivity index (χ0) is 34.3. The fourth-order valence-corrected chi connectivity index (χ4v) is 6.95. The average Bonchev–Trinajstić information content (AvgIpc) is 3.16. The van der Waals surface area contributed by atoms with Gasteiger partial charge in [0.15, 0.2) is 5.82 Å². The van der Waals surface area contributed by atoms with Gasteiger partial charge in [-0.05, 0) is 36.1 Å². The fraction of sp³-hybridized carbons (Fsp3) is 0.317. The number of pyridine rings is 2. The van der Waals surface area contributed by atoms with Crippen molar-refractivity contribution in [3.8, 4) is 23.0 Å². The Morgan fingerprint density at radius 3 is 1.98 bits per heavy atom. The molecule has 3 aromatic carbocycles. The Kier molecular flexibility index (Phi) is 10.6. The molecule has 50 heavy (non-hydrogen) atoms. The number of piperazine rings is 1. The number of anilines is 1. The summed E-state index contributed by atoms with van der Waals surface area (Å²) in [6.07, 6.45) is -0.369. The third-order valence-electron chi connectivity index (χ3n) is 9.65. The number of aryl methyl sites for hydroxylation is 1. The van der Waals surface area contributed by atoms with Crippen LogP contribution in [0.3, 0.4) is 0 Å². The van der Waals surface area contributed by atoms with Crippen LogP contribution in [0.15, 0.2) is 109 Å². The summed E-state index contributed by atoms with van der Waals surface area (Å²) in [6.45, 7) is 7.73. The maximum Gasteiger partial charge on any atom is 0.226 e. The standard InChI is InChI=1S/C41H43F2N5O2/c1-30-38(48-20-19-37(36(43)27-48)47-23-21-46(22-24-47)26-31-11-5-2-6-12-31)25-35(42)40(44-30)34-17-18-39(49-28-32-13-7-3-8-14-32)45-41(34)50-29-33-15-9-4-10-16-33/h2-18,25,36-37H,19-24,26-29H2,1H3/t36-,37+/m1/s1. The van der Waals surface area contributed by atoms with Crippen LogP contribution in [0.5, 0.6) is 11.8 Å². The Labute approximate surface area is 293 Å². The molecule has 0 saturated carbocycles. The topological polar surface area (TPSA) is 54.0 Å². The minimum absolute atomic E-state index is 0.136. The summed E-state index contributed by atoms with van der Waals surface area (Å²) in [4.78, 5) is 16.0. The first-order valence-corrected chi connectivity index (χ1v) is 17.4. The molecule has 2 atom stereocenters. The van der Waals surface area contributed by atoms with Crippen molar-refractivity contribution in [1.82, 2.24) is 19.8 Å². The van der Waals surface area contributed by atoms with Crippen molar-refractivity contribution in [2.75, 3.05) is 44.2 Å². The molecule has 2 aromatic heterocycles. The summed E-state index contributed by atoms with van der Waals surface area (Å²) in [7, 11) is 0. The second-order valence-corrected chi connectivity index (χ2v) is 13.1. The van der Waals surface area contributed by atoms with E-state index in [1.807, 2.05) is 78.6 Å². The van der Waals surface area contributed by atoms with Gasteiger partial charge in [0.2, 0.25) is 11.8 Å². The van der Waals surface area contributed by atoms with E-state index in [1.165, 1.54) is 11.6 Å². The van der Waals surface area contributed by atoms with Crippen LogP contribution in [0.2, 0.25) is 0 Å². The lowest BCUT2D eigenvalue weighted by atomic mass is 9.99. The molecule has 5 aromatic rings. The number of benzene rings is 3. The van der Waals surface area contributed by atoms with Gasteiger partial charge in [0.1, 0.15) is 25.1 Å². The second-order valence-electron chi connectivity index (χ2n) is 13.1. The Balaban J connectivity index is 1.03. The van der Waals surface area contributed by atoms with Crippen LogP contribution in [0, 0.1) is 12.7 Å². The molecule has 9 heteroatoms. The van der Waals surface area contributed by atoms with E-state index in [-0.39, 0.29) is 30.8 Å². The Morgan fingerprint density at radius 1 is 0.720 bits per heavy atom. The van der Waals surface area contributed by atoms with Gasteiger partial charge in [0.25, 0.3) is 0 Å². The van der Waals surface area contributed by atoms with Crippen LogP contribution in [-0.4, -0.2) is 71.2 Å². The summed E-state index contributed by atoms with van der Waals surface area (Å²) in [6, 6.07) is 34.8. The number of piperidine rings is 1. The maximum absolute atomic E-state index is 16.0. The molecular formula is C41H43F2N5O2. The number of nitrogens with zero attached hydrogens (tertiary/aromatic N) is 5. The minimum Gasteiger partial charge on any atom is -0.473 e. The van der Waals surface area contributed by atoms with E-state index in [2.05, 4.69) is 39.0 Å². The SMILES string of the molecule is Cc1nc(-c2ccc(OCc3ccccc3)nc2OCc2ccccc2)c(F)cc1N1CC[C@H](N2CCN(Cc3ccccc3)CC2)[C@H](F)C1. The lowest BCUT2D eigenvalue weighted by molar-refractivity contribution is 0.0431. The molecule has 0 bridgehead atoms. The predicted octanol–water partition coefficient (Wildman–Crippen LogP) is 7.48. The summed E-state index contributed by atoms with van der Waals surface area (Å²) < 4.78 is 44.0. The zero-order valence-corrected chi connectivity index (χ0v) is 28.4. The molecule has 2 fully saturated rings. The Hall–Kier alpha value is -4.86. The van der Waals surface area contributed by atoms with Crippen LogP contribution in [0.4, 0.5) is 14.5 Å². The van der Waals surface area contributed by atoms with Crippen molar-refractivity contribution < 1.29 is 18.3 Å². The number of alkyl halides is 1. The third-order valence-corrected chi connectivity index (χ3v) is 9.65. The maximum atomic E-state index is 16.0. The van der Waals surface area contributed by atoms with Gasteiger partial charge in [-0.2, -0.15) is 4.98 Å². The smallest absolute Gasteiger partial charge is 0.226 e. The van der Waals surface area contributed by atoms with Crippen LogP contribution in [-0.2, 0) is 19.8 Å². The number of ether oxygens (including phenoxy) is 2. The molecule has 2 saturated heterocycles. The van der Waals surface area contributed by atoms with Crippen molar-refractivity contribution in [1.29, 1.82) is 0 Å². The number of rotatable bonds is 11. The van der Waals surface area contributed by atoms with Crippen molar-refractivity contribution in [3.05, 3.63) is 137 Å². The lowest BCUT2D eigenvalue weighted by Crippen LogP contribution is -2.57. The number of aromatic nitrogens is 2. The first-order chi connectivity index (χ1) is 24.5. The first kappa shape index (κ1) is 33.6. The van der Waals surface area contributed by atoms with E-state index in [9.17, 15) is 0 Å². The molecule has 0 aliphatic carbocycles. The molecule has 0 N–H and O–H groups in total. The van der Waals surface area contributed by atoms with E-state index in [1.54, 1.807) is 12.1 Å². The summed E-state index contributed by atoms with van der Waals surface area (Å²) in [5, 5.41) is 0. The van der Waals surface area contributed by atoms with Gasteiger partial charge in [0, 0.05) is 57.4 Å². The van der Waals surface area contributed by atoms with E-state index < -0.39 is 12.0 Å². The predicted molar refractivity (Wildman–Crippen MR) is 193 cm³/mol. The number of hydrogen-bond donors (Lipinski definition) is 0. The van der Waals surface area contributed by atoms with Crippen LogP contribution in [0.1, 0.15) is 28.8 Å². The van der Waals surface area contributed by atoms with E-state index in [0.717, 1.165) is 43.9 Å². The minimum atomic E-state index is -1.04. The van der Waals surface area contributed by atoms with Gasteiger partial charge in [-0.25, -0.2) is 13.8 Å². The molecule has 7 nitrogen and oxygen atoms in total. The van der Waals surface area contributed by atoms with Crippen LogP contribution in [0.25, 0.3) is 11.3 Å². The molecule has 2 aliphatic heterocycles. The molecule has 0 spiro atoms. The average molecular weight is 676 g/mol. The number of halogens is 2. The van der Waals surface area contributed by atoms with Crippen molar-refractivity contribution in [2.45, 2.75) is 45.3 Å². The monoisotopic (exact) mass is 675 g/mol. The molecule has 0 amide bonds. The summed E-state index contributed by atoms with van der Waals surface area (Å²) in [5.74, 6) is 0.0809. The lowest BCUT2D eigenvalue weighted by Gasteiger charge is -2.45. The molecule has 258 valence electrons. The highest BCUT2D eigenvalue weighted by Gasteiger charge is 2.36. The molecular weight excluding hydrogens is 632 g/mol. The fourth-order valence-electron chi connectivity index (χ4n) is 6.95. The Morgan fingerprint density at radius 2 is 1.34 bits per heavy atom. The third kappa shape index (κ3) is 8.12. The second kappa shape index (κ2) is 15.8. The quantitative estimate of drug-likeness (QED) is 0.144. The molecule has 4 heterocycles. The molecule has 2 aliphatic rings. The summed E-state index contributed by atoms with van der Waals surface area (Å²) >= 11 is 0. The Bertz CT molecular complexity index is 1840. The number of hydrogen-bond acceptors (Lipinski definition) is 7. The van der Waals surface area contributed by atoms with E-state index in [0.29, 0.717) is 42.4 Å². The van der Waals surface area contributed by atoms with Crippen LogP contribution >= 0.6 is 0 Å². The molecule has 0 radical (unpaired) electrons. The normalized spacial score (nSPS) is 18.6. The van der Waals surface area contributed by atoms with Gasteiger partial charge < -0.3 is 14.4 Å². The van der Waals surface area contributed by atoms with Crippen molar-refractivity contribution >= 4 is 5.69 Å².